The van der Waals surface area contributed by atoms with Gasteiger partial charge in [0, 0.05) is 0 Å². The maximum atomic E-state index is 6.90. The second kappa shape index (κ2) is 12.7. The summed E-state index contributed by atoms with van der Waals surface area (Å²) in [4.78, 5) is 7.76. The molecule has 0 fully saturated rings. The average molecular weight is 702 g/mol. The Kier molecular flexibility index (Phi) is 8.23. The van der Waals surface area contributed by atoms with E-state index in [-0.39, 0.29) is 0 Å². The molecule has 0 aromatic heterocycles. The van der Waals surface area contributed by atoms with E-state index in [0.717, 1.165) is 39.7 Å². The molecule has 1 aliphatic rings. The molecular formula is C40H31ClIN2. The van der Waals surface area contributed by atoms with Gasteiger partial charge in [0.05, 0.1) is 0 Å². The van der Waals surface area contributed by atoms with Gasteiger partial charge in [-0.1, -0.05) is 0 Å². The van der Waals surface area contributed by atoms with Crippen LogP contribution in [0.1, 0.15) is 16.7 Å². The Labute approximate surface area is 271 Å². The second-order valence-electron chi connectivity index (χ2n) is 10.8. The van der Waals surface area contributed by atoms with Crippen LogP contribution in [0.4, 0.5) is 0 Å². The Hall–Kier alpha value is -4.32. The first-order chi connectivity index (χ1) is 21.6. The molecule has 0 atom stereocenters. The minimum atomic E-state index is -1.89. The standard InChI is InChI=1S/C40H31ClIN2/c1-42-39(43-40(32-20-12-5-13-21-32)44(42)28-29-14-6-2-7-15-29)37-25-36(26-38(41)27-37)35-23-33(30-16-8-3-9-17-30)22-34(24-35)31-18-10-4-11-19-31/h2-27H,28H2,1H3. The maximum absolute atomic E-state index is 6.90. The van der Waals surface area contributed by atoms with E-state index >= 15 is 0 Å². The van der Waals surface area contributed by atoms with Crippen LogP contribution < -0.4 is 20.1 Å². The summed E-state index contributed by atoms with van der Waals surface area (Å²) >= 11 is 5.01. The van der Waals surface area contributed by atoms with Crippen LogP contribution in [0.2, 0.25) is 5.02 Å². The molecule has 1 heterocycles. The molecule has 1 aliphatic heterocycles. The fourth-order valence-electron chi connectivity index (χ4n) is 5.61. The summed E-state index contributed by atoms with van der Waals surface area (Å²) in [6.45, 7) is 0.840. The summed E-state index contributed by atoms with van der Waals surface area (Å²) in [6.07, 6.45) is 0. The van der Waals surface area contributed by atoms with Crippen LogP contribution >= 0.6 is 11.6 Å². The Morgan fingerprint density at radius 1 is 0.500 bits per heavy atom. The molecule has 0 amide bonds. The van der Waals surface area contributed by atoms with Gasteiger partial charge in [0.25, 0.3) is 0 Å². The van der Waals surface area contributed by atoms with Crippen LogP contribution in [0.25, 0.3) is 33.4 Å². The molecule has 0 spiro atoms. The van der Waals surface area contributed by atoms with E-state index in [0.29, 0.717) is 0 Å². The van der Waals surface area contributed by atoms with E-state index < -0.39 is 20.1 Å². The van der Waals surface area contributed by atoms with E-state index in [2.05, 4.69) is 165 Å². The first-order valence-corrected chi connectivity index (χ1v) is 19.2. The number of alkyl halides is 1. The molecule has 0 saturated heterocycles. The molecule has 44 heavy (non-hydrogen) atoms. The van der Waals surface area contributed by atoms with Gasteiger partial charge in [-0.25, -0.2) is 0 Å². The van der Waals surface area contributed by atoms with Crippen LogP contribution in [-0.2, 0) is 6.54 Å². The monoisotopic (exact) mass is 701 g/mol. The van der Waals surface area contributed by atoms with Gasteiger partial charge in [-0.15, -0.1) is 0 Å². The summed E-state index contributed by atoms with van der Waals surface area (Å²) < 4.78 is 3.73. The first-order valence-electron chi connectivity index (χ1n) is 14.6. The van der Waals surface area contributed by atoms with Gasteiger partial charge in [-0.3, -0.25) is 0 Å². The molecule has 0 aliphatic carbocycles. The van der Waals surface area contributed by atoms with Crippen molar-refractivity contribution >= 4 is 21.2 Å². The zero-order valence-electron chi connectivity index (χ0n) is 24.4. The van der Waals surface area contributed by atoms with Crippen LogP contribution in [0.3, 0.4) is 0 Å². The summed E-state index contributed by atoms with van der Waals surface area (Å²) in [5.74, 6) is 1.05. The predicted octanol–water partition coefficient (Wildman–Crippen LogP) is 6.93. The molecule has 0 saturated carbocycles. The third-order valence-corrected chi connectivity index (χ3v) is 12.9. The van der Waals surface area contributed by atoms with Crippen LogP contribution in [0.5, 0.6) is 0 Å². The SMILES string of the molecule is C[I-]1C(c2cc(Cl)cc(-c3cc(-c4ccccc4)cc(-c4ccccc4)c3)c2)=NC(c2ccccc2)=[N+]1Cc1ccccc1. The number of hydrogen-bond acceptors (Lipinski definition) is 1. The summed E-state index contributed by atoms with van der Waals surface area (Å²) in [6, 6.07) is 55.7. The van der Waals surface area contributed by atoms with Crippen molar-refractivity contribution in [3.8, 4) is 33.4 Å². The fraction of sp³-hybridized carbons (Fsp3) is 0.0500. The quantitative estimate of drug-likeness (QED) is 0.0976. The Balaban J connectivity index is 1.33. The number of halogens is 2. The third-order valence-electron chi connectivity index (χ3n) is 7.81. The second-order valence-corrected chi connectivity index (χ2v) is 15.9. The molecule has 0 bridgehead atoms. The number of amidine groups is 1. The Bertz CT molecular complexity index is 1930. The van der Waals surface area contributed by atoms with Crippen molar-refractivity contribution in [3.63, 3.8) is 0 Å². The molecule has 6 aromatic carbocycles. The van der Waals surface area contributed by atoms with Gasteiger partial charge in [0.2, 0.25) is 0 Å². The zero-order chi connectivity index (χ0) is 29.9. The number of hydrogen-bond donors (Lipinski definition) is 0. The predicted molar refractivity (Wildman–Crippen MR) is 181 cm³/mol. The topological polar surface area (TPSA) is 15.4 Å². The molecular weight excluding hydrogens is 671 g/mol. The van der Waals surface area contributed by atoms with E-state index in [1.54, 1.807) is 0 Å². The number of aliphatic imine (C=N–C) groups is 1. The molecule has 4 heteroatoms. The van der Waals surface area contributed by atoms with Crippen molar-refractivity contribution in [1.82, 2.24) is 0 Å². The van der Waals surface area contributed by atoms with Crippen molar-refractivity contribution in [3.05, 3.63) is 179 Å². The van der Waals surface area contributed by atoms with Crippen LogP contribution in [0.15, 0.2) is 163 Å². The van der Waals surface area contributed by atoms with Crippen LogP contribution in [-0.4, -0.2) is 17.3 Å². The van der Waals surface area contributed by atoms with Gasteiger partial charge in [0.1, 0.15) is 0 Å². The molecule has 0 N–H and O–H groups in total. The van der Waals surface area contributed by atoms with Crippen LogP contribution in [0, 0.1) is 0 Å². The van der Waals surface area contributed by atoms with E-state index in [1.165, 1.54) is 31.5 Å². The average Bonchev–Trinajstić information content (AvgIpc) is 3.41. The van der Waals surface area contributed by atoms with Gasteiger partial charge < -0.3 is 0 Å². The molecule has 0 unspecified atom stereocenters. The number of nitrogens with zero attached hydrogens (tertiary/aromatic N) is 2. The van der Waals surface area contributed by atoms with Crippen molar-refractivity contribution < 1.29 is 22.9 Å². The summed E-state index contributed by atoms with van der Waals surface area (Å²) in [5, 5.41) is 0.721. The first kappa shape index (κ1) is 28.5. The third kappa shape index (κ3) is 6.03. The van der Waals surface area contributed by atoms with Gasteiger partial charge in [-0.2, -0.15) is 0 Å². The molecule has 7 rings (SSSR count). The van der Waals surface area contributed by atoms with Crippen molar-refractivity contribution in [2.24, 2.45) is 4.99 Å². The molecule has 6 aromatic rings. The number of benzene rings is 6. The minimum absolute atomic E-state index is 0.721. The summed E-state index contributed by atoms with van der Waals surface area (Å²) in [7, 11) is 0. The van der Waals surface area contributed by atoms with Crippen molar-refractivity contribution in [1.29, 1.82) is 0 Å². The normalized spacial score (nSPS) is 13.7. The van der Waals surface area contributed by atoms with E-state index in [4.69, 9.17) is 16.6 Å². The summed E-state index contributed by atoms with van der Waals surface area (Å²) in [5.41, 5.74) is 10.5. The number of rotatable bonds is 7. The van der Waals surface area contributed by atoms with Gasteiger partial charge >= 0.3 is 273 Å². The van der Waals surface area contributed by atoms with Crippen molar-refractivity contribution in [2.75, 3.05) is 4.93 Å². The molecule has 1 radical (unpaired) electrons. The van der Waals surface area contributed by atoms with Crippen molar-refractivity contribution in [2.45, 2.75) is 6.54 Å². The molecule has 2 nitrogen and oxygen atoms in total. The Morgan fingerprint density at radius 3 is 1.45 bits per heavy atom. The van der Waals surface area contributed by atoms with E-state index in [1.807, 2.05) is 0 Å². The fourth-order valence-corrected chi connectivity index (χ4v) is 10.2. The van der Waals surface area contributed by atoms with Gasteiger partial charge in [-0.05, 0) is 0 Å². The molecule has 215 valence electrons. The van der Waals surface area contributed by atoms with E-state index in [9.17, 15) is 0 Å². The van der Waals surface area contributed by atoms with Gasteiger partial charge in [0.15, 0.2) is 0 Å². The zero-order valence-corrected chi connectivity index (χ0v) is 27.3. The Morgan fingerprint density at radius 2 is 0.909 bits per heavy atom.